The molecular weight excluding hydrogens is 266 g/mol. The Labute approximate surface area is 107 Å². The molecule has 4 heteroatoms. The van der Waals surface area contributed by atoms with Crippen molar-refractivity contribution in [2.75, 3.05) is 18.9 Å². The average Bonchev–Trinajstić information content (AvgIpc) is 2.52. The summed E-state index contributed by atoms with van der Waals surface area (Å²) in [6.07, 6.45) is 3.86. The first kappa shape index (κ1) is 13.7. The minimum absolute atomic E-state index is 0.992. The normalized spacial score (nSPS) is 11.3. The molecule has 0 spiro atoms. The molecule has 92 valence electrons. The summed E-state index contributed by atoms with van der Waals surface area (Å²) in [5.41, 5.74) is 2.39. The third kappa shape index (κ3) is 4.66. The maximum atomic E-state index is 4.36. The molecule has 0 saturated heterocycles. The van der Waals surface area contributed by atoms with E-state index in [-0.39, 0.29) is 0 Å². The minimum Gasteiger partial charge on any atom is -0.301 e. The average molecular weight is 288 g/mol. The van der Waals surface area contributed by atoms with Crippen LogP contribution in [0.2, 0.25) is 0 Å². The summed E-state index contributed by atoms with van der Waals surface area (Å²) in [6.45, 7) is 4.20. The van der Waals surface area contributed by atoms with Gasteiger partial charge in [-0.25, -0.2) is 0 Å². The van der Waals surface area contributed by atoms with Gasteiger partial charge in [0.2, 0.25) is 0 Å². The Bertz CT molecular complexity index is 309. The molecule has 0 amide bonds. The van der Waals surface area contributed by atoms with Gasteiger partial charge >= 0.3 is 0 Å². The lowest BCUT2D eigenvalue weighted by molar-refractivity contribution is 0.309. The number of nitrogens with zero attached hydrogens (tertiary/aromatic N) is 3. The van der Waals surface area contributed by atoms with E-state index in [1.807, 2.05) is 18.7 Å². The lowest BCUT2D eigenvalue weighted by atomic mass is 10.2. The van der Waals surface area contributed by atoms with Crippen LogP contribution in [-0.4, -0.2) is 33.6 Å². The van der Waals surface area contributed by atoms with Gasteiger partial charge in [0.1, 0.15) is 0 Å². The third-order valence-corrected chi connectivity index (χ3v) is 3.27. The van der Waals surface area contributed by atoms with Gasteiger partial charge in [0.05, 0.1) is 11.4 Å². The number of alkyl halides is 1. The number of unbranched alkanes of at least 4 members (excludes halogenated alkanes) is 2. The molecule has 0 aliphatic rings. The van der Waals surface area contributed by atoms with Crippen molar-refractivity contribution in [2.45, 2.75) is 32.7 Å². The molecule has 1 aromatic heterocycles. The predicted octanol–water partition coefficient (Wildman–Crippen LogP) is 2.73. The van der Waals surface area contributed by atoms with E-state index in [9.17, 15) is 0 Å². The second-order valence-electron chi connectivity index (χ2n) is 4.39. The summed E-state index contributed by atoms with van der Waals surface area (Å²) in [4.78, 5) is 2.37. The summed E-state index contributed by atoms with van der Waals surface area (Å²) >= 11 is 3.46. The zero-order valence-electron chi connectivity index (χ0n) is 10.5. The molecule has 1 rings (SSSR count). The molecule has 0 saturated carbocycles. The second kappa shape index (κ2) is 7.07. The number of rotatable bonds is 7. The van der Waals surface area contributed by atoms with Gasteiger partial charge in [-0.2, -0.15) is 5.10 Å². The van der Waals surface area contributed by atoms with Crippen LogP contribution in [0.25, 0.3) is 0 Å². The van der Waals surface area contributed by atoms with Crippen LogP contribution in [-0.2, 0) is 13.6 Å². The van der Waals surface area contributed by atoms with Crippen LogP contribution in [0.4, 0.5) is 0 Å². The summed E-state index contributed by atoms with van der Waals surface area (Å²) in [5, 5.41) is 5.48. The third-order valence-electron chi connectivity index (χ3n) is 2.70. The molecule has 0 N–H and O–H groups in total. The summed E-state index contributed by atoms with van der Waals surface area (Å²) < 4.78 is 1.98. The van der Waals surface area contributed by atoms with E-state index in [1.54, 1.807) is 0 Å². The molecule has 0 unspecified atom stereocenters. The van der Waals surface area contributed by atoms with Gasteiger partial charge in [-0.3, -0.25) is 4.68 Å². The van der Waals surface area contributed by atoms with Crippen molar-refractivity contribution in [3.8, 4) is 0 Å². The van der Waals surface area contributed by atoms with Crippen molar-refractivity contribution in [3.63, 3.8) is 0 Å². The van der Waals surface area contributed by atoms with Crippen LogP contribution in [0.5, 0.6) is 0 Å². The SMILES string of the molecule is Cc1cc(CN(C)CCCCCBr)n(C)n1. The number of hydrogen-bond donors (Lipinski definition) is 0. The molecule has 0 aromatic carbocycles. The maximum absolute atomic E-state index is 4.36. The highest BCUT2D eigenvalue weighted by Gasteiger charge is 2.05. The molecule has 0 fully saturated rings. The molecule has 0 aliphatic carbocycles. The van der Waals surface area contributed by atoms with Crippen molar-refractivity contribution < 1.29 is 0 Å². The van der Waals surface area contributed by atoms with Crippen molar-refractivity contribution in [3.05, 3.63) is 17.5 Å². The zero-order valence-corrected chi connectivity index (χ0v) is 12.1. The van der Waals surface area contributed by atoms with Gasteiger partial charge in [0.25, 0.3) is 0 Å². The lowest BCUT2D eigenvalue weighted by Gasteiger charge is -2.16. The molecule has 16 heavy (non-hydrogen) atoms. The molecule has 0 radical (unpaired) electrons. The first-order chi connectivity index (χ1) is 7.63. The highest BCUT2D eigenvalue weighted by molar-refractivity contribution is 9.09. The molecule has 0 aliphatic heterocycles. The van der Waals surface area contributed by atoms with E-state index in [2.05, 4.69) is 39.0 Å². The Morgan fingerprint density at radius 3 is 2.69 bits per heavy atom. The largest absolute Gasteiger partial charge is 0.301 e. The van der Waals surface area contributed by atoms with Gasteiger partial charge in [0.15, 0.2) is 0 Å². The zero-order chi connectivity index (χ0) is 12.0. The quantitative estimate of drug-likeness (QED) is 0.568. The van der Waals surface area contributed by atoms with Crippen LogP contribution in [0.3, 0.4) is 0 Å². The smallest absolute Gasteiger partial charge is 0.0597 e. The Hall–Kier alpha value is -0.350. The summed E-state index contributed by atoms with van der Waals surface area (Å²) in [7, 11) is 4.19. The van der Waals surface area contributed by atoms with Crippen LogP contribution in [0.1, 0.15) is 30.7 Å². The van der Waals surface area contributed by atoms with Crippen molar-refractivity contribution in [1.82, 2.24) is 14.7 Å². The fraction of sp³-hybridized carbons (Fsp3) is 0.750. The molecule has 3 nitrogen and oxygen atoms in total. The molecular formula is C12H22BrN3. The van der Waals surface area contributed by atoms with E-state index in [4.69, 9.17) is 0 Å². The highest BCUT2D eigenvalue weighted by Crippen LogP contribution is 2.06. The molecule has 1 heterocycles. The Balaban J connectivity index is 2.28. The van der Waals surface area contributed by atoms with Crippen LogP contribution in [0, 0.1) is 6.92 Å². The first-order valence-electron chi connectivity index (χ1n) is 5.87. The van der Waals surface area contributed by atoms with Crippen molar-refractivity contribution >= 4 is 15.9 Å². The number of hydrogen-bond acceptors (Lipinski definition) is 2. The number of halogens is 1. The topological polar surface area (TPSA) is 21.1 Å². The molecule has 0 atom stereocenters. The number of aryl methyl sites for hydroxylation is 2. The fourth-order valence-electron chi connectivity index (χ4n) is 1.82. The Morgan fingerprint density at radius 1 is 1.38 bits per heavy atom. The maximum Gasteiger partial charge on any atom is 0.0597 e. The van der Waals surface area contributed by atoms with E-state index in [0.717, 1.165) is 24.1 Å². The Kier molecular flexibility index (Phi) is 6.06. The lowest BCUT2D eigenvalue weighted by Crippen LogP contribution is -2.20. The minimum atomic E-state index is 0.992. The summed E-state index contributed by atoms with van der Waals surface area (Å²) in [6, 6.07) is 2.16. The van der Waals surface area contributed by atoms with Gasteiger partial charge < -0.3 is 4.90 Å². The monoisotopic (exact) mass is 287 g/mol. The predicted molar refractivity (Wildman–Crippen MR) is 71.9 cm³/mol. The van der Waals surface area contributed by atoms with Crippen molar-refractivity contribution in [2.24, 2.45) is 7.05 Å². The highest BCUT2D eigenvalue weighted by atomic mass is 79.9. The van der Waals surface area contributed by atoms with Crippen LogP contribution >= 0.6 is 15.9 Å². The first-order valence-corrected chi connectivity index (χ1v) is 6.99. The molecule has 1 aromatic rings. The van der Waals surface area contributed by atoms with Crippen LogP contribution in [0.15, 0.2) is 6.07 Å². The van der Waals surface area contributed by atoms with E-state index in [1.165, 1.54) is 25.0 Å². The summed E-state index contributed by atoms with van der Waals surface area (Å²) in [5.74, 6) is 0. The van der Waals surface area contributed by atoms with E-state index < -0.39 is 0 Å². The van der Waals surface area contributed by atoms with Gasteiger partial charge in [-0.15, -0.1) is 0 Å². The molecule has 0 bridgehead atoms. The van der Waals surface area contributed by atoms with Crippen molar-refractivity contribution in [1.29, 1.82) is 0 Å². The standard InChI is InChI=1S/C12H22BrN3/c1-11-9-12(16(3)14-11)10-15(2)8-6-4-5-7-13/h9H,4-8,10H2,1-3H3. The second-order valence-corrected chi connectivity index (χ2v) is 5.18. The fourth-order valence-corrected chi connectivity index (χ4v) is 2.22. The van der Waals surface area contributed by atoms with Crippen LogP contribution < -0.4 is 0 Å². The van der Waals surface area contributed by atoms with E-state index in [0.29, 0.717) is 0 Å². The van der Waals surface area contributed by atoms with Gasteiger partial charge in [-0.1, -0.05) is 22.4 Å². The van der Waals surface area contributed by atoms with Gasteiger partial charge in [-0.05, 0) is 39.4 Å². The number of aromatic nitrogens is 2. The van der Waals surface area contributed by atoms with E-state index >= 15 is 0 Å². The Morgan fingerprint density at radius 2 is 2.12 bits per heavy atom. The van der Waals surface area contributed by atoms with Gasteiger partial charge in [0, 0.05) is 18.9 Å².